The predicted octanol–water partition coefficient (Wildman–Crippen LogP) is 0.181. The van der Waals surface area contributed by atoms with E-state index in [0.717, 1.165) is 0 Å². The van der Waals surface area contributed by atoms with Crippen molar-refractivity contribution in [3.05, 3.63) is 17.5 Å². The molecule has 0 aliphatic carbocycles. The lowest BCUT2D eigenvalue weighted by Crippen LogP contribution is -2.26. The van der Waals surface area contributed by atoms with Crippen LogP contribution in [0.5, 0.6) is 0 Å². The Morgan fingerprint density at radius 2 is 2.25 bits per heavy atom. The van der Waals surface area contributed by atoms with Crippen LogP contribution in [-0.4, -0.2) is 48.7 Å². The average molecular weight is 277 g/mol. The van der Waals surface area contributed by atoms with E-state index in [2.05, 4.69) is 14.7 Å². The summed E-state index contributed by atoms with van der Waals surface area (Å²) in [6.07, 6.45) is 0. The molecule has 20 heavy (non-hydrogen) atoms. The van der Waals surface area contributed by atoms with E-state index in [9.17, 15) is 9.59 Å². The number of carbonyl (C=O) groups excluding carboxylic acids is 2. The van der Waals surface area contributed by atoms with E-state index in [1.165, 1.54) is 7.11 Å². The molecule has 1 aromatic rings. The minimum atomic E-state index is -0.490. The fourth-order valence-electron chi connectivity index (χ4n) is 2.67. The van der Waals surface area contributed by atoms with Crippen molar-refractivity contribution in [2.75, 3.05) is 31.7 Å². The summed E-state index contributed by atoms with van der Waals surface area (Å²) in [6, 6.07) is 1.58. The number of esters is 2. The summed E-state index contributed by atoms with van der Waals surface area (Å²) in [5, 5.41) is 0. The molecule has 0 radical (unpaired) electrons. The molecule has 2 aliphatic rings. The molecule has 3 heterocycles. The van der Waals surface area contributed by atoms with Crippen molar-refractivity contribution in [1.29, 1.82) is 0 Å². The number of fused-ring (bicyclic) bond motifs is 1. The monoisotopic (exact) mass is 277 g/mol. The van der Waals surface area contributed by atoms with E-state index in [0.29, 0.717) is 31.3 Å². The SMILES string of the molecule is COC(=O)c1cc(C)nc(N2C[C@@H]3COC(=O)[C@@H]3C2)n1. The quantitative estimate of drug-likeness (QED) is 0.713. The van der Waals surface area contributed by atoms with Crippen LogP contribution in [0.1, 0.15) is 16.2 Å². The van der Waals surface area contributed by atoms with Crippen molar-refractivity contribution in [3.63, 3.8) is 0 Å². The number of aryl methyl sites for hydroxylation is 1. The second-order valence-corrected chi connectivity index (χ2v) is 5.09. The Morgan fingerprint density at radius 1 is 1.45 bits per heavy atom. The molecule has 2 fully saturated rings. The van der Waals surface area contributed by atoms with E-state index >= 15 is 0 Å². The summed E-state index contributed by atoms with van der Waals surface area (Å²) in [4.78, 5) is 33.6. The highest BCUT2D eigenvalue weighted by molar-refractivity contribution is 5.87. The van der Waals surface area contributed by atoms with Gasteiger partial charge in [0, 0.05) is 24.7 Å². The maximum Gasteiger partial charge on any atom is 0.356 e. The Morgan fingerprint density at radius 3 is 2.95 bits per heavy atom. The van der Waals surface area contributed by atoms with E-state index in [1.54, 1.807) is 13.0 Å². The van der Waals surface area contributed by atoms with Crippen molar-refractivity contribution in [1.82, 2.24) is 9.97 Å². The van der Waals surface area contributed by atoms with Gasteiger partial charge in [-0.15, -0.1) is 0 Å². The maximum atomic E-state index is 11.6. The van der Waals surface area contributed by atoms with Gasteiger partial charge in [-0.1, -0.05) is 0 Å². The highest BCUT2D eigenvalue weighted by Crippen LogP contribution is 2.32. The van der Waals surface area contributed by atoms with Crippen molar-refractivity contribution in [2.45, 2.75) is 6.92 Å². The van der Waals surface area contributed by atoms with E-state index < -0.39 is 5.97 Å². The lowest BCUT2D eigenvalue weighted by Gasteiger charge is -2.17. The fraction of sp³-hybridized carbons (Fsp3) is 0.538. The molecule has 0 aromatic carbocycles. The Bertz CT molecular complexity index is 575. The van der Waals surface area contributed by atoms with Crippen molar-refractivity contribution in [3.8, 4) is 0 Å². The van der Waals surface area contributed by atoms with Gasteiger partial charge in [-0.05, 0) is 13.0 Å². The van der Waals surface area contributed by atoms with Gasteiger partial charge in [-0.25, -0.2) is 14.8 Å². The lowest BCUT2D eigenvalue weighted by atomic mass is 10.0. The van der Waals surface area contributed by atoms with E-state index in [1.807, 2.05) is 4.90 Å². The third kappa shape index (κ3) is 2.09. The van der Waals surface area contributed by atoms with Gasteiger partial charge in [0.15, 0.2) is 5.69 Å². The number of aromatic nitrogens is 2. The number of carbonyl (C=O) groups is 2. The van der Waals surface area contributed by atoms with Gasteiger partial charge in [0.2, 0.25) is 5.95 Å². The first kappa shape index (κ1) is 12.8. The molecule has 0 unspecified atom stereocenters. The zero-order valence-electron chi connectivity index (χ0n) is 11.3. The Labute approximate surface area is 115 Å². The van der Waals surface area contributed by atoms with Gasteiger partial charge < -0.3 is 14.4 Å². The molecule has 106 valence electrons. The number of ether oxygens (including phenoxy) is 2. The molecule has 2 aliphatic heterocycles. The smallest absolute Gasteiger partial charge is 0.356 e. The fourth-order valence-corrected chi connectivity index (χ4v) is 2.67. The summed E-state index contributed by atoms with van der Waals surface area (Å²) >= 11 is 0. The molecule has 3 rings (SSSR count). The van der Waals surface area contributed by atoms with Crippen LogP contribution < -0.4 is 4.90 Å². The Kier molecular flexibility index (Phi) is 3.04. The van der Waals surface area contributed by atoms with Crippen LogP contribution in [-0.2, 0) is 14.3 Å². The first-order chi connectivity index (χ1) is 9.58. The highest BCUT2D eigenvalue weighted by Gasteiger charge is 2.44. The molecule has 1 aromatic heterocycles. The standard InChI is InChI=1S/C13H15N3O4/c1-7-3-10(12(18)19-2)15-13(14-7)16-4-8-6-20-11(17)9(8)5-16/h3,8-9H,4-6H2,1-2H3/t8-,9-/m1/s1. The van der Waals surface area contributed by atoms with Crippen molar-refractivity contribution in [2.24, 2.45) is 11.8 Å². The number of hydrogen-bond donors (Lipinski definition) is 0. The molecule has 0 spiro atoms. The van der Waals surface area contributed by atoms with Crippen molar-refractivity contribution < 1.29 is 19.1 Å². The van der Waals surface area contributed by atoms with Gasteiger partial charge in [0.1, 0.15) is 0 Å². The van der Waals surface area contributed by atoms with Crippen LogP contribution >= 0.6 is 0 Å². The summed E-state index contributed by atoms with van der Waals surface area (Å²) in [6.45, 7) is 3.45. The number of nitrogens with zero attached hydrogens (tertiary/aromatic N) is 3. The zero-order valence-corrected chi connectivity index (χ0v) is 11.3. The number of cyclic esters (lactones) is 1. The Hall–Kier alpha value is -2.18. The first-order valence-electron chi connectivity index (χ1n) is 6.44. The molecule has 0 bridgehead atoms. The van der Waals surface area contributed by atoms with Gasteiger partial charge in [0.25, 0.3) is 0 Å². The number of anilines is 1. The second-order valence-electron chi connectivity index (χ2n) is 5.09. The molecular weight excluding hydrogens is 262 g/mol. The average Bonchev–Trinajstić information content (AvgIpc) is 3.00. The molecule has 7 heteroatoms. The van der Waals surface area contributed by atoms with Crippen LogP contribution in [0.25, 0.3) is 0 Å². The third-order valence-corrected chi connectivity index (χ3v) is 3.70. The molecule has 0 amide bonds. The first-order valence-corrected chi connectivity index (χ1v) is 6.44. The number of hydrogen-bond acceptors (Lipinski definition) is 7. The van der Waals surface area contributed by atoms with Crippen molar-refractivity contribution >= 4 is 17.9 Å². The van der Waals surface area contributed by atoms with Crippen LogP contribution in [0.15, 0.2) is 6.07 Å². The predicted molar refractivity (Wildman–Crippen MR) is 68.3 cm³/mol. The minimum absolute atomic E-state index is 0.110. The van der Waals surface area contributed by atoms with Gasteiger partial charge in [-0.2, -0.15) is 0 Å². The number of rotatable bonds is 2. The number of methoxy groups -OCH3 is 1. The molecule has 7 nitrogen and oxygen atoms in total. The zero-order chi connectivity index (χ0) is 14.3. The summed E-state index contributed by atoms with van der Waals surface area (Å²) in [5.41, 5.74) is 0.921. The molecular formula is C13H15N3O4. The summed E-state index contributed by atoms with van der Waals surface area (Å²) in [7, 11) is 1.32. The molecule has 2 saturated heterocycles. The van der Waals surface area contributed by atoms with Crippen LogP contribution in [0.4, 0.5) is 5.95 Å². The second kappa shape index (κ2) is 4.73. The van der Waals surface area contributed by atoms with E-state index in [4.69, 9.17) is 4.74 Å². The van der Waals surface area contributed by atoms with Crippen LogP contribution in [0, 0.1) is 18.8 Å². The highest BCUT2D eigenvalue weighted by atomic mass is 16.5. The van der Waals surface area contributed by atoms with Crippen LogP contribution in [0.3, 0.4) is 0 Å². The topological polar surface area (TPSA) is 81.6 Å². The van der Waals surface area contributed by atoms with E-state index in [-0.39, 0.29) is 23.5 Å². The molecule has 2 atom stereocenters. The molecule has 0 saturated carbocycles. The lowest BCUT2D eigenvalue weighted by molar-refractivity contribution is -0.140. The third-order valence-electron chi connectivity index (χ3n) is 3.70. The van der Waals surface area contributed by atoms with Gasteiger partial charge >= 0.3 is 11.9 Å². The summed E-state index contributed by atoms with van der Waals surface area (Å²) in [5.74, 6) is -0.102. The Balaban J connectivity index is 1.86. The van der Waals surface area contributed by atoms with Crippen LogP contribution in [0.2, 0.25) is 0 Å². The minimum Gasteiger partial charge on any atom is -0.465 e. The largest absolute Gasteiger partial charge is 0.465 e. The molecule has 0 N–H and O–H groups in total. The van der Waals surface area contributed by atoms with Gasteiger partial charge in [-0.3, -0.25) is 4.79 Å². The normalized spacial score (nSPS) is 24.5. The summed E-state index contributed by atoms with van der Waals surface area (Å²) < 4.78 is 9.71. The maximum absolute atomic E-state index is 11.6. The van der Waals surface area contributed by atoms with Gasteiger partial charge in [0.05, 0.1) is 19.6 Å².